The lowest BCUT2D eigenvalue weighted by atomic mass is 9.82. The summed E-state index contributed by atoms with van der Waals surface area (Å²) in [6.45, 7) is 0.339. The molecule has 2 saturated heterocycles. The number of hydrogen-bond donors (Lipinski definition) is 2. The van der Waals surface area contributed by atoms with Gasteiger partial charge < -0.3 is 15.1 Å². The summed E-state index contributed by atoms with van der Waals surface area (Å²) in [7, 11) is 1.75. The van der Waals surface area contributed by atoms with E-state index in [2.05, 4.69) is 0 Å². The van der Waals surface area contributed by atoms with Gasteiger partial charge in [-0.15, -0.1) is 0 Å². The topological polar surface area (TPSA) is 98.2 Å². The van der Waals surface area contributed by atoms with Gasteiger partial charge in [0, 0.05) is 31.6 Å². The average Bonchev–Trinajstić information content (AvgIpc) is 2.19. The van der Waals surface area contributed by atoms with Crippen molar-refractivity contribution in [2.24, 2.45) is 5.92 Å². The Bertz CT molecular complexity index is 383. The molecule has 2 fully saturated rings. The number of piperidine rings is 1. The van der Waals surface area contributed by atoms with Gasteiger partial charge in [0.2, 0.25) is 0 Å². The number of carbonyl (C=O) groups excluding carboxylic acids is 1. The van der Waals surface area contributed by atoms with Crippen molar-refractivity contribution >= 4 is 17.8 Å². The minimum Gasteiger partial charge on any atom is -0.481 e. The van der Waals surface area contributed by atoms with Crippen LogP contribution >= 0.6 is 0 Å². The van der Waals surface area contributed by atoms with Gasteiger partial charge in [0.15, 0.2) is 0 Å². The molecule has 0 saturated carbocycles. The number of likely N-dealkylation sites (tertiary alicyclic amines) is 1. The van der Waals surface area contributed by atoms with Gasteiger partial charge in [0.25, 0.3) is 0 Å². The van der Waals surface area contributed by atoms with E-state index in [0.29, 0.717) is 0 Å². The third-order valence-corrected chi connectivity index (χ3v) is 3.64. The van der Waals surface area contributed by atoms with Crippen LogP contribution < -0.4 is 0 Å². The number of nitrogens with zero attached hydrogens (tertiary/aromatic N) is 2. The summed E-state index contributed by atoms with van der Waals surface area (Å²) < 4.78 is 0. The molecule has 3 atom stereocenters. The minimum atomic E-state index is -1.17. The van der Waals surface area contributed by atoms with E-state index in [-0.39, 0.29) is 31.3 Å². The minimum absolute atomic E-state index is 0.0744. The lowest BCUT2D eigenvalue weighted by Gasteiger charge is -2.49. The van der Waals surface area contributed by atoms with E-state index in [4.69, 9.17) is 10.2 Å². The molecule has 0 aromatic rings. The van der Waals surface area contributed by atoms with Crippen molar-refractivity contribution in [1.82, 2.24) is 9.80 Å². The van der Waals surface area contributed by atoms with Crippen LogP contribution in [0.4, 0.5) is 4.79 Å². The van der Waals surface area contributed by atoms with Gasteiger partial charge in [-0.2, -0.15) is 0 Å². The molecule has 7 nitrogen and oxygen atoms in total. The normalized spacial score (nSPS) is 33.6. The summed E-state index contributed by atoms with van der Waals surface area (Å²) in [4.78, 5) is 36.7. The third kappa shape index (κ3) is 1.86. The number of fused-ring (bicyclic) bond motifs is 2. The molecule has 2 rings (SSSR count). The van der Waals surface area contributed by atoms with Gasteiger partial charge in [-0.25, -0.2) is 4.79 Å². The molecule has 0 aliphatic carbocycles. The van der Waals surface area contributed by atoms with Gasteiger partial charge in [-0.05, 0) is 7.05 Å². The van der Waals surface area contributed by atoms with Crippen LogP contribution in [0.1, 0.15) is 6.42 Å². The number of hydrogen-bond acceptors (Lipinski definition) is 4. The molecule has 2 N–H and O–H groups in total. The Kier molecular flexibility index (Phi) is 2.78. The largest absolute Gasteiger partial charge is 0.481 e. The second-order valence-electron chi connectivity index (χ2n) is 4.56. The molecule has 0 aromatic heterocycles. The predicted octanol–water partition coefficient (Wildman–Crippen LogP) is -0.677. The monoisotopic (exact) mass is 242 g/mol. The fraction of sp³-hybridized carbons (Fsp3) is 0.700. The van der Waals surface area contributed by atoms with Crippen LogP contribution in [0.2, 0.25) is 0 Å². The van der Waals surface area contributed by atoms with E-state index >= 15 is 0 Å². The number of piperazine rings is 1. The molecule has 0 spiro atoms. The second-order valence-corrected chi connectivity index (χ2v) is 4.56. The van der Waals surface area contributed by atoms with Gasteiger partial charge >= 0.3 is 12.1 Å². The molecule has 7 heteroatoms. The summed E-state index contributed by atoms with van der Waals surface area (Å²) >= 11 is 0. The van der Waals surface area contributed by atoms with Crippen molar-refractivity contribution in [3.05, 3.63) is 0 Å². The number of Topliss-reactive ketones (excluding diaryl/α,β-unsaturated/α-hetero) is 1. The van der Waals surface area contributed by atoms with E-state index in [0.717, 1.165) is 0 Å². The molecular weight excluding hydrogens is 228 g/mol. The highest BCUT2D eigenvalue weighted by molar-refractivity contribution is 6.00. The Morgan fingerprint density at radius 1 is 1.29 bits per heavy atom. The van der Waals surface area contributed by atoms with Crippen molar-refractivity contribution in [1.29, 1.82) is 0 Å². The Balaban J connectivity index is 2.27. The average molecular weight is 242 g/mol. The highest BCUT2D eigenvalue weighted by Gasteiger charge is 2.49. The molecule has 2 bridgehead atoms. The molecular formula is C10H14N2O5. The van der Waals surface area contributed by atoms with Gasteiger partial charge in [-0.3, -0.25) is 14.5 Å². The number of carboxylic acids is 1. The van der Waals surface area contributed by atoms with Crippen LogP contribution in [-0.4, -0.2) is 70.1 Å². The molecule has 0 radical (unpaired) electrons. The summed E-state index contributed by atoms with van der Waals surface area (Å²) in [5.41, 5.74) is 0. The number of rotatable bonds is 1. The van der Waals surface area contributed by atoms with Crippen molar-refractivity contribution < 1.29 is 24.6 Å². The Morgan fingerprint density at radius 2 is 1.94 bits per heavy atom. The maximum absolute atomic E-state index is 11.7. The first-order chi connectivity index (χ1) is 7.91. The summed E-state index contributed by atoms with van der Waals surface area (Å²) in [6, 6.07) is -0.753. The number of ketones is 1. The molecule has 94 valence electrons. The Morgan fingerprint density at radius 3 is 2.47 bits per heavy atom. The van der Waals surface area contributed by atoms with Gasteiger partial charge in [0.1, 0.15) is 11.7 Å². The lowest BCUT2D eigenvalue weighted by Crippen LogP contribution is -2.66. The van der Waals surface area contributed by atoms with Crippen LogP contribution in [0.25, 0.3) is 0 Å². The Hall–Kier alpha value is -1.63. The van der Waals surface area contributed by atoms with Crippen LogP contribution in [0.15, 0.2) is 0 Å². The van der Waals surface area contributed by atoms with Crippen LogP contribution in [0.3, 0.4) is 0 Å². The van der Waals surface area contributed by atoms with E-state index in [1.807, 2.05) is 4.90 Å². The number of carboxylic acid groups (broad SMARTS) is 2. The zero-order valence-electron chi connectivity index (χ0n) is 9.37. The predicted molar refractivity (Wildman–Crippen MR) is 55.7 cm³/mol. The van der Waals surface area contributed by atoms with Gasteiger partial charge in [0.05, 0.1) is 0 Å². The number of amides is 1. The smallest absolute Gasteiger partial charge is 0.407 e. The highest BCUT2D eigenvalue weighted by Crippen LogP contribution is 2.29. The van der Waals surface area contributed by atoms with Crippen molar-refractivity contribution in [2.45, 2.75) is 18.5 Å². The highest BCUT2D eigenvalue weighted by atomic mass is 16.4. The second kappa shape index (κ2) is 3.99. The van der Waals surface area contributed by atoms with Gasteiger partial charge in [-0.1, -0.05) is 0 Å². The van der Waals surface area contributed by atoms with E-state index in [1.165, 1.54) is 4.90 Å². The van der Waals surface area contributed by atoms with Crippen LogP contribution in [0, 0.1) is 5.92 Å². The molecule has 2 aliphatic heterocycles. The lowest BCUT2D eigenvalue weighted by molar-refractivity contribution is -0.156. The SMILES string of the molecule is CN1[C@@H]2CC(=O)C(C(=O)O)[C@H]1CN(C(=O)O)C2. The van der Waals surface area contributed by atoms with Crippen molar-refractivity contribution in [2.75, 3.05) is 20.1 Å². The fourth-order valence-electron chi connectivity index (χ4n) is 2.66. The quantitative estimate of drug-likeness (QED) is 0.591. The summed E-state index contributed by atoms with van der Waals surface area (Å²) in [5.74, 6) is -2.58. The molecule has 1 amide bonds. The molecule has 1 unspecified atom stereocenters. The Labute approximate surface area is 97.6 Å². The summed E-state index contributed by atoms with van der Waals surface area (Å²) in [5, 5.41) is 18.0. The van der Waals surface area contributed by atoms with Crippen LogP contribution in [-0.2, 0) is 9.59 Å². The summed E-state index contributed by atoms with van der Waals surface area (Å²) in [6.07, 6.45) is -0.958. The number of likely N-dealkylation sites (N-methyl/N-ethyl adjacent to an activating group) is 1. The van der Waals surface area contributed by atoms with Crippen molar-refractivity contribution in [3.8, 4) is 0 Å². The maximum Gasteiger partial charge on any atom is 0.407 e. The van der Waals surface area contributed by atoms with E-state index in [9.17, 15) is 14.4 Å². The first-order valence-electron chi connectivity index (χ1n) is 5.37. The first-order valence-corrected chi connectivity index (χ1v) is 5.37. The van der Waals surface area contributed by atoms with E-state index < -0.39 is 24.0 Å². The number of carbonyl (C=O) groups is 3. The molecule has 0 aromatic carbocycles. The molecule has 2 aliphatic rings. The first kappa shape index (κ1) is 11.8. The number of aliphatic carboxylic acids is 1. The molecule has 17 heavy (non-hydrogen) atoms. The van der Waals surface area contributed by atoms with E-state index in [1.54, 1.807) is 7.05 Å². The zero-order valence-corrected chi connectivity index (χ0v) is 9.37. The molecule has 2 heterocycles. The van der Waals surface area contributed by atoms with Crippen LogP contribution in [0.5, 0.6) is 0 Å². The van der Waals surface area contributed by atoms with Crippen molar-refractivity contribution in [3.63, 3.8) is 0 Å². The maximum atomic E-state index is 11.7. The fourth-order valence-corrected chi connectivity index (χ4v) is 2.66. The zero-order chi connectivity index (χ0) is 12.7. The standard InChI is InChI=1S/C10H14N2O5/c1-11-5-2-7(13)8(9(14)15)6(11)4-12(3-5)10(16)17/h5-6,8H,2-4H2,1H3,(H,14,15)(H,16,17)/t5-,6-,8?/m1/s1. The third-order valence-electron chi connectivity index (χ3n) is 3.64.